The molecule has 1 fully saturated rings. The summed E-state index contributed by atoms with van der Waals surface area (Å²) in [5.41, 5.74) is 1.73. The molecule has 156 valence electrons. The van der Waals surface area contributed by atoms with Crippen LogP contribution in [-0.2, 0) is 22.6 Å². The summed E-state index contributed by atoms with van der Waals surface area (Å²) < 4.78 is 46.9. The number of benzene rings is 2. The van der Waals surface area contributed by atoms with Crippen molar-refractivity contribution in [2.24, 2.45) is 0 Å². The van der Waals surface area contributed by atoms with Crippen LogP contribution in [0.4, 0.5) is 13.2 Å². The normalized spacial score (nSPS) is 17.2. The van der Waals surface area contributed by atoms with Gasteiger partial charge in [-0.15, -0.1) is 13.2 Å². The molecule has 1 atom stereocenters. The average molecular weight is 407 g/mol. The summed E-state index contributed by atoms with van der Waals surface area (Å²) in [6.45, 7) is 1.39. The van der Waals surface area contributed by atoms with Gasteiger partial charge in [0.1, 0.15) is 5.75 Å². The highest BCUT2D eigenvalue weighted by Gasteiger charge is 2.31. The van der Waals surface area contributed by atoms with Gasteiger partial charge in [-0.1, -0.05) is 42.5 Å². The second-order valence-corrected chi connectivity index (χ2v) is 7.10. The number of ether oxygens (including phenoxy) is 2. The minimum atomic E-state index is -4.72. The Balaban J connectivity index is 1.47. The lowest BCUT2D eigenvalue weighted by atomic mass is 10.1. The molecule has 1 aliphatic rings. The van der Waals surface area contributed by atoms with E-state index in [9.17, 15) is 18.0 Å². The number of carbonyl (C=O) groups excluding carboxylic acids is 1. The molecule has 0 spiro atoms. The Labute approximate surface area is 168 Å². The zero-order valence-electron chi connectivity index (χ0n) is 16.0. The summed E-state index contributed by atoms with van der Waals surface area (Å²) in [4.78, 5) is 14.3. The van der Waals surface area contributed by atoms with Crippen molar-refractivity contribution in [3.05, 3.63) is 65.7 Å². The van der Waals surface area contributed by atoms with Crippen LogP contribution in [0.15, 0.2) is 54.6 Å². The van der Waals surface area contributed by atoms with E-state index >= 15 is 0 Å². The summed E-state index contributed by atoms with van der Waals surface area (Å²) >= 11 is 0. The Bertz CT molecular complexity index is 795. The van der Waals surface area contributed by atoms with Crippen LogP contribution < -0.4 is 4.74 Å². The SMILES string of the molecule is O=C(CCc1ccccc1)N1CCCC(OCc2cccc(OC(F)(F)F)c2)C1. The van der Waals surface area contributed by atoms with Gasteiger partial charge in [0.15, 0.2) is 0 Å². The van der Waals surface area contributed by atoms with Gasteiger partial charge in [0.2, 0.25) is 5.91 Å². The topological polar surface area (TPSA) is 38.8 Å². The molecular formula is C22H24F3NO3. The molecule has 2 aromatic rings. The first kappa shape index (κ1) is 21.2. The van der Waals surface area contributed by atoms with E-state index in [1.807, 2.05) is 35.2 Å². The highest BCUT2D eigenvalue weighted by molar-refractivity contribution is 5.76. The highest BCUT2D eigenvalue weighted by Crippen LogP contribution is 2.24. The summed E-state index contributed by atoms with van der Waals surface area (Å²) in [7, 11) is 0. The number of likely N-dealkylation sites (tertiary alicyclic amines) is 1. The van der Waals surface area contributed by atoms with Crippen molar-refractivity contribution in [1.29, 1.82) is 0 Å². The van der Waals surface area contributed by atoms with Gasteiger partial charge in [0, 0.05) is 19.5 Å². The Kier molecular flexibility index (Phi) is 7.14. The van der Waals surface area contributed by atoms with Gasteiger partial charge < -0.3 is 14.4 Å². The second kappa shape index (κ2) is 9.78. The van der Waals surface area contributed by atoms with E-state index in [-0.39, 0.29) is 24.4 Å². The first-order valence-corrected chi connectivity index (χ1v) is 9.67. The molecule has 0 bridgehead atoms. The predicted octanol–water partition coefficient (Wildman–Crippen LogP) is 4.73. The van der Waals surface area contributed by atoms with E-state index < -0.39 is 6.36 Å². The van der Waals surface area contributed by atoms with Crippen LogP contribution in [-0.4, -0.2) is 36.4 Å². The average Bonchev–Trinajstić information content (AvgIpc) is 2.70. The summed E-state index contributed by atoms with van der Waals surface area (Å²) in [5.74, 6) is -0.164. The maximum absolute atomic E-state index is 12.5. The fourth-order valence-corrected chi connectivity index (χ4v) is 3.40. The lowest BCUT2D eigenvalue weighted by Gasteiger charge is -2.33. The number of carbonyl (C=O) groups is 1. The quantitative estimate of drug-likeness (QED) is 0.666. The Hall–Kier alpha value is -2.54. The molecule has 1 unspecified atom stereocenters. The van der Waals surface area contributed by atoms with E-state index in [1.54, 1.807) is 6.07 Å². The molecule has 1 amide bonds. The monoisotopic (exact) mass is 407 g/mol. The molecule has 7 heteroatoms. The molecule has 0 N–H and O–H groups in total. The Morgan fingerprint density at radius 2 is 1.83 bits per heavy atom. The molecule has 1 saturated heterocycles. The molecule has 29 heavy (non-hydrogen) atoms. The molecular weight excluding hydrogens is 383 g/mol. The number of halogens is 3. The summed E-state index contributed by atoms with van der Waals surface area (Å²) in [5, 5.41) is 0. The van der Waals surface area contributed by atoms with Gasteiger partial charge >= 0.3 is 6.36 Å². The van der Waals surface area contributed by atoms with E-state index in [2.05, 4.69) is 4.74 Å². The standard InChI is InChI=1S/C22H24F3NO3/c23-22(24,25)29-19-9-4-8-18(14-19)16-28-20-10-5-13-26(15-20)21(27)12-11-17-6-2-1-3-7-17/h1-4,6-9,14,20H,5,10-13,15-16H2. The Morgan fingerprint density at radius 3 is 2.59 bits per heavy atom. The molecule has 2 aromatic carbocycles. The van der Waals surface area contributed by atoms with E-state index in [1.165, 1.54) is 18.2 Å². The fourth-order valence-electron chi connectivity index (χ4n) is 3.40. The van der Waals surface area contributed by atoms with Crippen LogP contribution in [0.2, 0.25) is 0 Å². The van der Waals surface area contributed by atoms with Gasteiger partial charge in [0.05, 0.1) is 12.7 Å². The van der Waals surface area contributed by atoms with Crippen LogP contribution in [0.3, 0.4) is 0 Å². The fraction of sp³-hybridized carbons (Fsp3) is 0.409. The minimum absolute atomic E-state index is 0.0997. The highest BCUT2D eigenvalue weighted by atomic mass is 19.4. The third-order valence-corrected chi connectivity index (χ3v) is 4.82. The third-order valence-electron chi connectivity index (χ3n) is 4.82. The van der Waals surface area contributed by atoms with Gasteiger partial charge in [-0.3, -0.25) is 4.79 Å². The van der Waals surface area contributed by atoms with Crippen molar-refractivity contribution in [2.75, 3.05) is 13.1 Å². The number of hydrogen-bond donors (Lipinski definition) is 0. The number of aryl methyl sites for hydroxylation is 1. The molecule has 3 rings (SSSR count). The molecule has 1 aliphatic heterocycles. The van der Waals surface area contributed by atoms with Crippen LogP contribution >= 0.6 is 0 Å². The lowest BCUT2D eigenvalue weighted by Crippen LogP contribution is -2.43. The third kappa shape index (κ3) is 7.09. The summed E-state index contributed by atoms with van der Waals surface area (Å²) in [6.07, 6.45) is -2.03. The number of hydrogen-bond acceptors (Lipinski definition) is 3. The molecule has 0 saturated carbocycles. The van der Waals surface area contributed by atoms with E-state index in [4.69, 9.17) is 4.74 Å². The number of amides is 1. The number of piperidine rings is 1. The van der Waals surface area contributed by atoms with E-state index in [0.29, 0.717) is 31.5 Å². The maximum atomic E-state index is 12.5. The number of alkyl halides is 3. The first-order chi connectivity index (χ1) is 13.9. The van der Waals surface area contributed by atoms with Gasteiger partial charge in [-0.05, 0) is 42.5 Å². The first-order valence-electron chi connectivity index (χ1n) is 9.67. The van der Waals surface area contributed by atoms with Crippen molar-refractivity contribution in [3.63, 3.8) is 0 Å². The maximum Gasteiger partial charge on any atom is 0.573 e. The van der Waals surface area contributed by atoms with Gasteiger partial charge in [-0.2, -0.15) is 0 Å². The largest absolute Gasteiger partial charge is 0.573 e. The van der Waals surface area contributed by atoms with Crippen molar-refractivity contribution in [3.8, 4) is 5.75 Å². The Morgan fingerprint density at radius 1 is 1.07 bits per heavy atom. The van der Waals surface area contributed by atoms with Crippen LogP contribution in [0.5, 0.6) is 5.75 Å². The molecule has 0 radical (unpaired) electrons. The minimum Gasteiger partial charge on any atom is -0.406 e. The van der Waals surface area contributed by atoms with Crippen molar-refractivity contribution < 1.29 is 27.4 Å². The van der Waals surface area contributed by atoms with Crippen molar-refractivity contribution in [1.82, 2.24) is 4.90 Å². The molecule has 4 nitrogen and oxygen atoms in total. The van der Waals surface area contributed by atoms with Crippen molar-refractivity contribution >= 4 is 5.91 Å². The molecule has 0 aliphatic carbocycles. The lowest BCUT2D eigenvalue weighted by molar-refractivity contribution is -0.274. The predicted molar refractivity (Wildman–Crippen MR) is 102 cm³/mol. The van der Waals surface area contributed by atoms with Crippen LogP contribution in [0.1, 0.15) is 30.4 Å². The number of rotatable bonds is 7. The molecule has 0 aromatic heterocycles. The van der Waals surface area contributed by atoms with Crippen LogP contribution in [0, 0.1) is 0 Å². The smallest absolute Gasteiger partial charge is 0.406 e. The number of nitrogens with zero attached hydrogens (tertiary/aromatic N) is 1. The van der Waals surface area contributed by atoms with Crippen LogP contribution in [0.25, 0.3) is 0 Å². The zero-order valence-corrected chi connectivity index (χ0v) is 16.0. The molecule has 1 heterocycles. The zero-order chi connectivity index (χ0) is 20.7. The second-order valence-electron chi connectivity index (χ2n) is 7.10. The van der Waals surface area contributed by atoms with Gasteiger partial charge in [-0.25, -0.2) is 0 Å². The van der Waals surface area contributed by atoms with E-state index in [0.717, 1.165) is 18.4 Å². The summed E-state index contributed by atoms with van der Waals surface area (Å²) in [6, 6.07) is 15.6. The van der Waals surface area contributed by atoms with Gasteiger partial charge in [0.25, 0.3) is 0 Å². The van der Waals surface area contributed by atoms with Crippen molar-refractivity contribution in [2.45, 2.75) is 44.8 Å².